The molecule has 100 valence electrons. The van der Waals surface area contributed by atoms with Gasteiger partial charge in [-0.05, 0) is 12.8 Å². The molecule has 0 spiro atoms. The predicted molar refractivity (Wildman–Crippen MR) is 70.8 cm³/mol. The molecular weight excluding hydrogens is 248 g/mol. The zero-order valence-electron chi connectivity index (χ0n) is 10.5. The van der Waals surface area contributed by atoms with Crippen molar-refractivity contribution in [1.82, 2.24) is 10.1 Å². The van der Waals surface area contributed by atoms with Gasteiger partial charge in [0.15, 0.2) is 5.82 Å². The van der Waals surface area contributed by atoms with Gasteiger partial charge >= 0.3 is 0 Å². The van der Waals surface area contributed by atoms with Gasteiger partial charge in [0.25, 0.3) is 0 Å². The van der Waals surface area contributed by atoms with Gasteiger partial charge in [0, 0.05) is 17.4 Å². The van der Waals surface area contributed by atoms with E-state index in [2.05, 4.69) is 10.1 Å². The summed E-state index contributed by atoms with van der Waals surface area (Å²) in [4.78, 5) is 4.56. The summed E-state index contributed by atoms with van der Waals surface area (Å²) < 4.78 is 5.38. The maximum Gasteiger partial charge on any atom is 0.233 e. The average Bonchev–Trinajstić information content (AvgIpc) is 2.91. The molecule has 0 bridgehead atoms. The van der Waals surface area contributed by atoms with Gasteiger partial charge in [0.2, 0.25) is 5.89 Å². The van der Waals surface area contributed by atoms with Crippen LogP contribution in [-0.2, 0) is 0 Å². The smallest absolute Gasteiger partial charge is 0.233 e. The monoisotopic (exact) mass is 268 g/mol. The first-order valence-corrected chi connectivity index (χ1v) is 8.09. The SMILES string of the molecule is OC1CSCC1c1nc(C2CCCCCC2)no1. The first-order chi connectivity index (χ1) is 8.84. The molecule has 18 heavy (non-hydrogen) atoms. The lowest BCUT2D eigenvalue weighted by Crippen LogP contribution is -2.16. The highest BCUT2D eigenvalue weighted by molar-refractivity contribution is 7.99. The van der Waals surface area contributed by atoms with Gasteiger partial charge in [-0.25, -0.2) is 0 Å². The van der Waals surface area contributed by atoms with Crippen LogP contribution in [0.25, 0.3) is 0 Å². The fraction of sp³-hybridized carbons (Fsp3) is 0.846. The standard InChI is InChI=1S/C13H20N2O2S/c16-11-8-18-7-10(11)13-14-12(15-17-13)9-5-3-1-2-4-6-9/h9-11,16H,1-8H2. The normalized spacial score (nSPS) is 30.5. The number of rotatable bonds is 2. The molecule has 1 N–H and O–H groups in total. The summed E-state index contributed by atoms with van der Waals surface area (Å²) in [6.07, 6.45) is 7.25. The molecule has 1 aromatic heterocycles. The van der Waals surface area contributed by atoms with Crippen molar-refractivity contribution < 1.29 is 9.63 Å². The number of hydrogen-bond donors (Lipinski definition) is 1. The molecule has 2 aliphatic rings. The molecule has 1 aliphatic heterocycles. The molecular formula is C13H20N2O2S. The van der Waals surface area contributed by atoms with Crippen LogP contribution in [0.2, 0.25) is 0 Å². The van der Waals surface area contributed by atoms with Crippen molar-refractivity contribution in [2.24, 2.45) is 0 Å². The van der Waals surface area contributed by atoms with Gasteiger partial charge in [0.1, 0.15) is 0 Å². The Balaban J connectivity index is 1.72. The van der Waals surface area contributed by atoms with E-state index in [0.29, 0.717) is 11.8 Å². The Morgan fingerprint density at radius 2 is 1.89 bits per heavy atom. The lowest BCUT2D eigenvalue weighted by Gasteiger charge is -2.08. The van der Waals surface area contributed by atoms with Gasteiger partial charge in [0.05, 0.1) is 12.0 Å². The van der Waals surface area contributed by atoms with Crippen LogP contribution >= 0.6 is 11.8 Å². The third kappa shape index (κ3) is 2.57. The molecule has 0 aromatic carbocycles. The van der Waals surface area contributed by atoms with Gasteiger partial charge in [-0.15, -0.1) is 0 Å². The summed E-state index contributed by atoms with van der Waals surface area (Å²) in [6, 6.07) is 0. The second-order valence-electron chi connectivity index (χ2n) is 5.39. The molecule has 5 heteroatoms. The maximum absolute atomic E-state index is 9.86. The van der Waals surface area contributed by atoms with Crippen molar-refractivity contribution in [2.75, 3.05) is 11.5 Å². The van der Waals surface area contributed by atoms with E-state index >= 15 is 0 Å². The highest BCUT2D eigenvalue weighted by atomic mass is 32.2. The Bertz CT molecular complexity index is 388. The van der Waals surface area contributed by atoms with Crippen LogP contribution in [0.5, 0.6) is 0 Å². The summed E-state index contributed by atoms with van der Waals surface area (Å²) in [5, 5.41) is 14.0. The Kier molecular flexibility index (Phi) is 3.89. The summed E-state index contributed by atoms with van der Waals surface area (Å²) in [5.41, 5.74) is 0. The van der Waals surface area contributed by atoms with Gasteiger partial charge in [-0.2, -0.15) is 16.7 Å². The third-order valence-electron chi connectivity index (χ3n) is 4.05. The van der Waals surface area contributed by atoms with Gasteiger partial charge in [-0.3, -0.25) is 0 Å². The minimum absolute atomic E-state index is 0.0435. The predicted octanol–water partition coefficient (Wildman–Crippen LogP) is 2.70. The lowest BCUT2D eigenvalue weighted by atomic mass is 10.00. The zero-order chi connectivity index (χ0) is 12.4. The third-order valence-corrected chi connectivity index (χ3v) is 5.22. The van der Waals surface area contributed by atoms with Crippen molar-refractivity contribution in [1.29, 1.82) is 0 Å². The lowest BCUT2D eigenvalue weighted by molar-refractivity contribution is 0.164. The fourth-order valence-corrected chi connectivity index (χ4v) is 4.11. The van der Waals surface area contributed by atoms with E-state index in [1.54, 1.807) is 11.8 Å². The molecule has 0 amide bonds. The fourth-order valence-electron chi connectivity index (χ4n) is 2.88. The van der Waals surface area contributed by atoms with Crippen molar-refractivity contribution in [3.8, 4) is 0 Å². The average molecular weight is 268 g/mol. The molecule has 2 unspecified atom stereocenters. The Morgan fingerprint density at radius 3 is 2.56 bits per heavy atom. The van der Waals surface area contributed by atoms with Crippen molar-refractivity contribution >= 4 is 11.8 Å². The number of hydrogen-bond acceptors (Lipinski definition) is 5. The van der Waals surface area contributed by atoms with E-state index < -0.39 is 0 Å². The highest BCUT2D eigenvalue weighted by Gasteiger charge is 2.32. The minimum Gasteiger partial charge on any atom is -0.391 e. The Morgan fingerprint density at radius 1 is 1.11 bits per heavy atom. The topological polar surface area (TPSA) is 59.2 Å². The summed E-state index contributed by atoms with van der Waals surface area (Å²) in [5.74, 6) is 3.71. The molecule has 1 saturated carbocycles. The van der Waals surface area contributed by atoms with E-state index in [1.165, 1.54) is 38.5 Å². The zero-order valence-corrected chi connectivity index (χ0v) is 11.4. The number of thioether (sulfide) groups is 1. The summed E-state index contributed by atoms with van der Waals surface area (Å²) >= 11 is 1.76. The van der Waals surface area contributed by atoms with Crippen LogP contribution in [0.15, 0.2) is 4.52 Å². The van der Waals surface area contributed by atoms with E-state index in [9.17, 15) is 5.11 Å². The Hall–Kier alpha value is -0.550. The van der Waals surface area contributed by atoms with Crippen LogP contribution in [0.3, 0.4) is 0 Å². The van der Waals surface area contributed by atoms with Crippen LogP contribution < -0.4 is 0 Å². The maximum atomic E-state index is 9.86. The minimum atomic E-state index is -0.322. The van der Waals surface area contributed by atoms with E-state index in [0.717, 1.165) is 17.3 Å². The van der Waals surface area contributed by atoms with E-state index in [-0.39, 0.29) is 12.0 Å². The van der Waals surface area contributed by atoms with Crippen LogP contribution in [-0.4, -0.2) is 32.9 Å². The van der Waals surface area contributed by atoms with Crippen molar-refractivity contribution in [3.05, 3.63) is 11.7 Å². The van der Waals surface area contributed by atoms with Crippen molar-refractivity contribution in [3.63, 3.8) is 0 Å². The molecule has 1 saturated heterocycles. The Labute approximate surface area is 112 Å². The summed E-state index contributed by atoms with van der Waals surface area (Å²) in [6.45, 7) is 0. The molecule has 0 radical (unpaired) electrons. The van der Waals surface area contributed by atoms with Crippen molar-refractivity contribution in [2.45, 2.75) is 56.5 Å². The van der Waals surface area contributed by atoms with E-state index in [1.807, 2.05) is 0 Å². The number of nitrogens with zero attached hydrogens (tertiary/aromatic N) is 2. The molecule has 3 rings (SSSR count). The quantitative estimate of drug-likeness (QED) is 0.836. The highest BCUT2D eigenvalue weighted by Crippen LogP contribution is 2.34. The van der Waals surface area contributed by atoms with E-state index in [4.69, 9.17) is 4.52 Å². The van der Waals surface area contributed by atoms with Crippen LogP contribution in [0, 0.1) is 0 Å². The molecule has 1 aromatic rings. The van der Waals surface area contributed by atoms with Crippen LogP contribution in [0.4, 0.5) is 0 Å². The number of aliphatic hydroxyl groups excluding tert-OH is 1. The molecule has 2 atom stereocenters. The van der Waals surface area contributed by atoms with Gasteiger partial charge < -0.3 is 9.63 Å². The second-order valence-corrected chi connectivity index (χ2v) is 6.47. The number of aromatic nitrogens is 2. The van der Waals surface area contributed by atoms with Crippen LogP contribution in [0.1, 0.15) is 62.1 Å². The molecule has 4 nitrogen and oxygen atoms in total. The van der Waals surface area contributed by atoms with Gasteiger partial charge in [-0.1, -0.05) is 30.8 Å². The second kappa shape index (κ2) is 5.61. The largest absolute Gasteiger partial charge is 0.391 e. The molecule has 2 heterocycles. The first kappa shape index (κ1) is 12.5. The summed E-state index contributed by atoms with van der Waals surface area (Å²) in [7, 11) is 0. The number of aliphatic hydroxyl groups is 1. The molecule has 2 fully saturated rings. The molecule has 1 aliphatic carbocycles. The first-order valence-electron chi connectivity index (χ1n) is 6.94.